The highest BCUT2D eigenvalue weighted by molar-refractivity contribution is 6.30. The van der Waals surface area contributed by atoms with Crippen molar-refractivity contribution in [1.82, 2.24) is 0 Å². The third-order valence-electron chi connectivity index (χ3n) is 2.15. The standard InChI is InChI=1S/C12H9ClFN/c13-9-3-1-8(2-4-9)11-7-10(15)5-6-12(11)14/h1-7H,15H2. The molecule has 0 spiro atoms. The van der Waals surface area contributed by atoms with Crippen molar-refractivity contribution in [1.29, 1.82) is 0 Å². The minimum atomic E-state index is -0.286. The van der Waals surface area contributed by atoms with Gasteiger partial charge in [-0.15, -0.1) is 0 Å². The molecule has 0 fully saturated rings. The number of benzene rings is 2. The Morgan fingerprint density at radius 1 is 1.00 bits per heavy atom. The van der Waals surface area contributed by atoms with Crippen LogP contribution in [-0.4, -0.2) is 0 Å². The van der Waals surface area contributed by atoms with E-state index in [0.29, 0.717) is 16.3 Å². The van der Waals surface area contributed by atoms with Crippen molar-refractivity contribution in [3.63, 3.8) is 0 Å². The summed E-state index contributed by atoms with van der Waals surface area (Å²) in [6, 6.07) is 11.5. The highest BCUT2D eigenvalue weighted by Gasteiger charge is 2.04. The molecule has 0 radical (unpaired) electrons. The van der Waals surface area contributed by atoms with Gasteiger partial charge in [0.1, 0.15) is 5.82 Å². The second-order valence-electron chi connectivity index (χ2n) is 3.25. The first-order chi connectivity index (χ1) is 7.16. The molecule has 0 unspecified atom stereocenters. The zero-order chi connectivity index (χ0) is 10.8. The van der Waals surface area contributed by atoms with E-state index in [-0.39, 0.29) is 5.82 Å². The van der Waals surface area contributed by atoms with Crippen LogP contribution in [0.5, 0.6) is 0 Å². The average molecular weight is 222 g/mol. The average Bonchev–Trinajstić information content (AvgIpc) is 2.23. The van der Waals surface area contributed by atoms with E-state index in [1.807, 2.05) is 0 Å². The number of anilines is 1. The first-order valence-electron chi connectivity index (χ1n) is 4.48. The Hall–Kier alpha value is -1.54. The van der Waals surface area contributed by atoms with Crippen LogP contribution in [-0.2, 0) is 0 Å². The molecule has 2 N–H and O–H groups in total. The van der Waals surface area contributed by atoms with Gasteiger partial charge in [-0.25, -0.2) is 4.39 Å². The quantitative estimate of drug-likeness (QED) is 0.730. The molecule has 2 aromatic rings. The molecule has 3 heteroatoms. The van der Waals surface area contributed by atoms with E-state index in [1.165, 1.54) is 12.1 Å². The van der Waals surface area contributed by atoms with Crippen molar-refractivity contribution < 1.29 is 4.39 Å². The van der Waals surface area contributed by atoms with Crippen molar-refractivity contribution in [2.45, 2.75) is 0 Å². The smallest absolute Gasteiger partial charge is 0.131 e. The summed E-state index contributed by atoms with van der Waals surface area (Å²) in [5, 5.41) is 0.628. The van der Waals surface area contributed by atoms with Gasteiger partial charge in [0.2, 0.25) is 0 Å². The second kappa shape index (κ2) is 3.91. The maximum atomic E-state index is 13.5. The molecule has 76 valence electrons. The van der Waals surface area contributed by atoms with Crippen molar-refractivity contribution in [2.75, 3.05) is 5.73 Å². The molecule has 15 heavy (non-hydrogen) atoms. The minimum Gasteiger partial charge on any atom is -0.399 e. The summed E-state index contributed by atoms with van der Waals surface area (Å²) in [6.45, 7) is 0. The fraction of sp³-hybridized carbons (Fsp3) is 0. The molecule has 0 aliphatic carbocycles. The van der Waals surface area contributed by atoms with Crippen molar-refractivity contribution in [3.05, 3.63) is 53.3 Å². The van der Waals surface area contributed by atoms with Crippen LogP contribution in [0.3, 0.4) is 0 Å². The predicted octanol–water partition coefficient (Wildman–Crippen LogP) is 3.73. The molecule has 0 heterocycles. The van der Waals surface area contributed by atoms with Crippen LogP contribution < -0.4 is 5.73 Å². The molecule has 1 nitrogen and oxygen atoms in total. The summed E-state index contributed by atoms with van der Waals surface area (Å²) in [7, 11) is 0. The molecular formula is C12H9ClFN. The van der Waals surface area contributed by atoms with Crippen LogP contribution in [0.2, 0.25) is 5.02 Å². The lowest BCUT2D eigenvalue weighted by Gasteiger charge is -2.04. The third-order valence-corrected chi connectivity index (χ3v) is 2.40. The van der Waals surface area contributed by atoms with Gasteiger partial charge in [0.25, 0.3) is 0 Å². The molecule has 0 aliphatic heterocycles. The van der Waals surface area contributed by atoms with Gasteiger partial charge in [-0.05, 0) is 35.9 Å². The van der Waals surface area contributed by atoms with Gasteiger partial charge in [-0.2, -0.15) is 0 Å². The first kappa shape index (κ1) is 9.99. The molecule has 0 aliphatic rings. The van der Waals surface area contributed by atoms with Crippen molar-refractivity contribution >= 4 is 17.3 Å². The summed E-state index contributed by atoms with van der Waals surface area (Å²) in [4.78, 5) is 0. The summed E-state index contributed by atoms with van der Waals surface area (Å²) >= 11 is 5.75. The fourth-order valence-electron chi connectivity index (χ4n) is 1.39. The monoisotopic (exact) mass is 221 g/mol. The highest BCUT2D eigenvalue weighted by Crippen LogP contribution is 2.25. The Balaban J connectivity index is 2.53. The maximum Gasteiger partial charge on any atom is 0.131 e. The van der Waals surface area contributed by atoms with E-state index in [2.05, 4.69) is 0 Å². The molecule has 0 aromatic heterocycles. The molecule has 0 saturated carbocycles. The van der Waals surface area contributed by atoms with Crippen LogP contribution in [0.15, 0.2) is 42.5 Å². The Morgan fingerprint density at radius 2 is 1.67 bits per heavy atom. The summed E-state index contributed by atoms with van der Waals surface area (Å²) in [5.74, 6) is -0.286. The lowest BCUT2D eigenvalue weighted by Crippen LogP contribution is -1.89. The lowest BCUT2D eigenvalue weighted by molar-refractivity contribution is 0.631. The van der Waals surface area contributed by atoms with E-state index in [1.54, 1.807) is 30.3 Å². The van der Waals surface area contributed by atoms with Crippen LogP contribution in [0.25, 0.3) is 11.1 Å². The Morgan fingerprint density at radius 3 is 2.33 bits per heavy atom. The minimum absolute atomic E-state index is 0.286. The number of nitrogens with two attached hydrogens (primary N) is 1. The largest absolute Gasteiger partial charge is 0.399 e. The topological polar surface area (TPSA) is 26.0 Å². The Labute approximate surface area is 92.3 Å². The molecule has 0 saturated heterocycles. The van der Waals surface area contributed by atoms with Gasteiger partial charge >= 0.3 is 0 Å². The molecular weight excluding hydrogens is 213 g/mol. The van der Waals surface area contributed by atoms with Gasteiger partial charge in [-0.3, -0.25) is 0 Å². The van der Waals surface area contributed by atoms with Crippen LogP contribution in [0.1, 0.15) is 0 Å². The zero-order valence-corrected chi connectivity index (χ0v) is 8.63. The normalized spacial score (nSPS) is 10.3. The zero-order valence-electron chi connectivity index (χ0n) is 7.87. The highest BCUT2D eigenvalue weighted by atomic mass is 35.5. The summed E-state index contributed by atoms with van der Waals surface area (Å²) in [5.41, 5.74) is 7.40. The van der Waals surface area contributed by atoms with Crippen molar-refractivity contribution in [3.8, 4) is 11.1 Å². The van der Waals surface area contributed by atoms with Crippen LogP contribution in [0, 0.1) is 5.82 Å². The van der Waals surface area contributed by atoms with E-state index in [4.69, 9.17) is 17.3 Å². The summed E-state index contributed by atoms with van der Waals surface area (Å²) < 4.78 is 13.5. The number of hydrogen-bond acceptors (Lipinski definition) is 1. The SMILES string of the molecule is Nc1ccc(F)c(-c2ccc(Cl)cc2)c1. The summed E-state index contributed by atoms with van der Waals surface area (Å²) in [6.07, 6.45) is 0. The predicted molar refractivity (Wildman–Crippen MR) is 61.3 cm³/mol. The maximum absolute atomic E-state index is 13.5. The van der Waals surface area contributed by atoms with E-state index in [9.17, 15) is 4.39 Å². The van der Waals surface area contributed by atoms with Gasteiger partial charge in [0.05, 0.1) is 0 Å². The van der Waals surface area contributed by atoms with Gasteiger partial charge in [0.15, 0.2) is 0 Å². The number of nitrogen functional groups attached to an aromatic ring is 1. The van der Waals surface area contributed by atoms with E-state index in [0.717, 1.165) is 5.56 Å². The molecule has 0 amide bonds. The van der Waals surface area contributed by atoms with Gasteiger partial charge in [-0.1, -0.05) is 23.7 Å². The second-order valence-corrected chi connectivity index (χ2v) is 3.68. The first-order valence-corrected chi connectivity index (χ1v) is 4.85. The molecule has 0 bridgehead atoms. The molecule has 0 atom stereocenters. The van der Waals surface area contributed by atoms with Gasteiger partial charge in [0, 0.05) is 16.3 Å². The molecule has 2 aromatic carbocycles. The fourth-order valence-corrected chi connectivity index (χ4v) is 1.52. The van der Waals surface area contributed by atoms with E-state index >= 15 is 0 Å². The van der Waals surface area contributed by atoms with Crippen LogP contribution >= 0.6 is 11.6 Å². The Bertz CT molecular complexity index is 479. The lowest BCUT2D eigenvalue weighted by atomic mass is 10.0. The van der Waals surface area contributed by atoms with E-state index < -0.39 is 0 Å². The number of halogens is 2. The number of hydrogen-bond donors (Lipinski definition) is 1. The number of rotatable bonds is 1. The Kier molecular flexibility index (Phi) is 2.60. The van der Waals surface area contributed by atoms with Gasteiger partial charge < -0.3 is 5.73 Å². The van der Waals surface area contributed by atoms with Crippen molar-refractivity contribution in [2.24, 2.45) is 0 Å². The third kappa shape index (κ3) is 2.10. The van der Waals surface area contributed by atoms with Crippen LogP contribution in [0.4, 0.5) is 10.1 Å². The molecule has 2 rings (SSSR count).